The van der Waals surface area contributed by atoms with Crippen LogP contribution in [-0.4, -0.2) is 93.9 Å². The Morgan fingerprint density at radius 3 is 2.18 bits per heavy atom. The summed E-state index contributed by atoms with van der Waals surface area (Å²) in [6, 6.07) is 8.93. The van der Waals surface area contributed by atoms with E-state index in [1.54, 1.807) is 31.5 Å². The summed E-state index contributed by atoms with van der Waals surface area (Å²) in [6.07, 6.45) is 6.88. The van der Waals surface area contributed by atoms with E-state index in [1.807, 2.05) is 42.7 Å². The van der Waals surface area contributed by atoms with Crippen LogP contribution in [0.2, 0.25) is 0 Å². The van der Waals surface area contributed by atoms with Crippen LogP contribution in [0.4, 0.5) is 28.7 Å². The number of likely N-dealkylation sites (N-methyl/N-ethyl adjacent to an activating group) is 2. The first-order chi connectivity index (χ1) is 24.1. The number of ether oxygens (including phenoxy) is 4. The predicted molar refractivity (Wildman–Crippen MR) is 196 cm³/mol. The normalized spacial score (nSPS) is 12.9. The molecule has 14 nitrogen and oxygen atoms in total. The Morgan fingerprint density at radius 1 is 0.900 bits per heavy atom. The Labute approximate surface area is 292 Å². The minimum absolute atomic E-state index is 0.0863. The second kappa shape index (κ2) is 15.8. The van der Waals surface area contributed by atoms with Crippen molar-refractivity contribution in [2.24, 2.45) is 0 Å². The Balaban J connectivity index is 1.52. The predicted octanol–water partition coefficient (Wildman–Crippen LogP) is 5.70. The third-order valence-corrected chi connectivity index (χ3v) is 8.72. The number of hydrogen-bond acceptors (Lipinski definition) is 11. The number of carbonyl (C=O) groups is 2. The van der Waals surface area contributed by atoms with E-state index in [4.69, 9.17) is 23.9 Å². The van der Waals surface area contributed by atoms with Crippen molar-refractivity contribution in [3.8, 4) is 23.0 Å². The van der Waals surface area contributed by atoms with Gasteiger partial charge in [0.15, 0.2) is 11.5 Å². The minimum Gasteiger partial charge on any atom is -0.494 e. The highest BCUT2D eigenvalue weighted by Gasteiger charge is 2.27. The first-order valence-electron chi connectivity index (χ1n) is 16.4. The molecule has 3 N–H and O–H groups in total. The molecule has 4 aromatic rings. The summed E-state index contributed by atoms with van der Waals surface area (Å²) in [4.78, 5) is 40.0. The number of benzene rings is 2. The topological polar surface area (TPSA) is 144 Å². The molecule has 50 heavy (non-hydrogen) atoms. The van der Waals surface area contributed by atoms with E-state index < -0.39 is 0 Å². The molecule has 1 saturated carbocycles. The van der Waals surface area contributed by atoms with Gasteiger partial charge in [0.1, 0.15) is 17.1 Å². The van der Waals surface area contributed by atoms with E-state index >= 15 is 0 Å². The van der Waals surface area contributed by atoms with Gasteiger partial charge in [0, 0.05) is 61.6 Å². The van der Waals surface area contributed by atoms with Gasteiger partial charge in [0.05, 0.1) is 45.5 Å². The van der Waals surface area contributed by atoms with Gasteiger partial charge in [-0.25, -0.2) is 4.98 Å². The van der Waals surface area contributed by atoms with Crippen molar-refractivity contribution in [1.29, 1.82) is 0 Å². The minimum atomic E-state index is -0.340. The molecule has 266 valence electrons. The average molecular weight is 687 g/mol. The summed E-state index contributed by atoms with van der Waals surface area (Å²) in [5, 5.41) is 9.94. The zero-order valence-corrected chi connectivity index (χ0v) is 29.8. The lowest BCUT2D eigenvalue weighted by molar-refractivity contribution is -0.111. The monoisotopic (exact) mass is 686 g/mol. The van der Waals surface area contributed by atoms with Crippen LogP contribution in [0.15, 0.2) is 49.2 Å². The van der Waals surface area contributed by atoms with Crippen molar-refractivity contribution in [2.75, 3.05) is 83.5 Å². The zero-order chi connectivity index (χ0) is 35.9. The lowest BCUT2D eigenvalue weighted by Crippen LogP contribution is -2.29. The molecule has 2 aromatic heterocycles. The molecule has 14 heteroatoms. The van der Waals surface area contributed by atoms with Crippen molar-refractivity contribution >= 4 is 51.5 Å². The van der Waals surface area contributed by atoms with Gasteiger partial charge in [-0.3, -0.25) is 9.59 Å². The molecule has 1 aliphatic rings. The molecule has 0 aliphatic heterocycles. The number of fused-ring (bicyclic) bond motifs is 1. The molecule has 0 unspecified atom stereocenters. The maximum absolute atomic E-state index is 13.9. The highest BCUT2D eigenvalue weighted by atomic mass is 16.5. The highest BCUT2D eigenvalue weighted by Crippen LogP contribution is 2.41. The first-order valence-corrected chi connectivity index (χ1v) is 16.4. The fourth-order valence-electron chi connectivity index (χ4n) is 6.15. The Bertz CT molecular complexity index is 1840. The van der Waals surface area contributed by atoms with Crippen molar-refractivity contribution in [2.45, 2.75) is 31.7 Å². The van der Waals surface area contributed by atoms with E-state index in [0.717, 1.165) is 43.3 Å². The number of nitrogens with zero attached hydrogens (tertiary/aromatic N) is 5. The molecule has 1 aliphatic carbocycles. The lowest BCUT2D eigenvalue weighted by Gasteiger charge is -2.26. The Morgan fingerprint density at radius 2 is 1.58 bits per heavy atom. The van der Waals surface area contributed by atoms with Crippen LogP contribution in [0.5, 0.6) is 23.0 Å². The summed E-state index contributed by atoms with van der Waals surface area (Å²) >= 11 is 0. The zero-order valence-electron chi connectivity index (χ0n) is 29.8. The summed E-state index contributed by atoms with van der Waals surface area (Å²) in [6.45, 7) is 5.13. The van der Waals surface area contributed by atoms with Gasteiger partial charge in [-0.05, 0) is 45.1 Å². The van der Waals surface area contributed by atoms with Gasteiger partial charge in [-0.15, -0.1) is 0 Å². The van der Waals surface area contributed by atoms with Crippen LogP contribution in [0, 0.1) is 0 Å². The Kier molecular flexibility index (Phi) is 11.3. The van der Waals surface area contributed by atoms with Crippen LogP contribution in [0.3, 0.4) is 0 Å². The fourth-order valence-corrected chi connectivity index (χ4v) is 6.15. The molecule has 0 radical (unpaired) electrons. The Hall–Kier alpha value is -5.50. The average Bonchev–Trinajstić information content (AvgIpc) is 3.78. The lowest BCUT2D eigenvalue weighted by atomic mass is 10.2. The van der Waals surface area contributed by atoms with Crippen LogP contribution in [0.1, 0.15) is 42.2 Å². The number of aromatic nitrogens is 3. The number of amides is 2. The summed E-state index contributed by atoms with van der Waals surface area (Å²) in [5.41, 5.74) is 3.48. The van der Waals surface area contributed by atoms with Gasteiger partial charge in [0.25, 0.3) is 5.91 Å². The second-order valence-corrected chi connectivity index (χ2v) is 12.3. The van der Waals surface area contributed by atoms with Crippen LogP contribution in [-0.2, 0) is 4.79 Å². The number of rotatable bonds is 15. The van der Waals surface area contributed by atoms with E-state index in [-0.39, 0.29) is 17.9 Å². The molecule has 0 saturated heterocycles. The van der Waals surface area contributed by atoms with Crippen LogP contribution in [0.25, 0.3) is 11.0 Å². The van der Waals surface area contributed by atoms with Gasteiger partial charge in [-0.1, -0.05) is 19.4 Å². The maximum Gasteiger partial charge on any atom is 0.272 e. The number of methoxy groups -OCH3 is 4. The quantitative estimate of drug-likeness (QED) is 0.133. The highest BCUT2D eigenvalue weighted by molar-refractivity contribution is 6.06. The summed E-state index contributed by atoms with van der Waals surface area (Å²) in [7, 11) is 12.1. The molecule has 2 aromatic carbocycles. The number of carbonyl (C=O) groups excluding carboxylic acids is 2. The largest absolute Gasteiger partial charge is 0.494 e. The van der Waals surface area contributed by atoms with Crippen LogP contribution >= 0.6 is 0 Å². The SMILES string of the molecule is C=CC(=O)Nc1cc(Nc2ncc3cc(C(=O)Nc4cc(OC)c(OC)c(OC)c4)n(C4CCCC4)c3n2)c(OC)cc1N(C)CCN(C)C. The summed E-state index contributed by atoms with van der Waals surface area (Å²) in [5.74, 6) is 1.48. The third kappa shape index (κ3) is 7.70. The van der Waals surface area contributed by atoms with Gasteiger partial charge in [0.2, 0.25) is 17.6 Å². The molecular formula is C36H46N8O6. The van der Waals surface area contributed by atoms with E-state index in [0.29, 0.717) is 63.9 Å². The number of hydrogen-bond donors (Lipinski definition) is 3. The molecule has 2 amide bonds. The molecular weight excluding hydrogens is 640 g/mol. The van der Waals surface area contributed by atoms with Gasteiger partial charge >= 0.3 is 0 Å². The van der Waals surface area contributed by atoms with E-state index in [2.05, 4.69) is 32.4 Å². The van der Waals surface area contributed by atoms with Crippen molar-refractivity contribution in [1.82, 2.24) is 19.4 Å². The molecule has 2 heterocycles. The number of anilines is 5. The van der Waals surface area contributed by atoms with Gasteiger partial charge < -0.3 is 49.3 Å². The van der Waals surface area contributed by atoms with E-state index in [1.165, 1.54) is 27.4 Å². The molecule has 1 fully saturated rings. The van der Waals surface area contributed by atoms with Gasteiger partial charge in [-0.2, -0.15) is 4.98 Å². The van der Waals surface area contributed by atoms with Crippen molar-refractivity contribution in [3.63, 3.8) is 0 Å². The molecule has 5 rings (SSSR count). The third-order valence-electron chi connectivity index (χ3n) is 8.72. The summed E-state index contributed by atoms with van der Waals surface area (Å²) < 4.78 is 24.2. The molecule has 0 atom stereocenters. The number of nitrogens with one attached hydrogen (secondary N) is 3. The maximum atomic E-state index is 13.9. The smallest absolute Gasteiger partial charge is 0.272 e. The van der Waals surface area contributed by atoms with Crippen LogP contribution < -0.4 is 39.8 Å². The first kappa shape index (κ1) is 35.8. The fraction of sp³-hybridized carbons (Fsp3) is 0.389. The molecule has 0 bridgehead atoms. The van der Waals surface area contributed by atoms with Crippen molar-refractivity contribution < 1.29 is 28.5 Å². The van der Waals surface area contributed by atoms with E-state index in [9.17, 15) is 9.59 Å². The molecule has 0 spiro atoms. The van der Waals surface area contributed by atoms with Crippen molar-refractivity contribution in [3.05, 3.63) is 54.9 Å². The second-order valence-electron chi connectivity index (χ2n) is 12.3. The standard InChI is InChI=1S/C36H46N8O6/c1-9-32(45)39-25-19-26(29(47-5)20-27(25)43(4)15-14-42(2)3)40-36-37-21-22-16-28(44(34(22)41-36)24-12-10-11-13-24)35(46)38-23-17-30(48-6)33(50-8)31(18-23)49-7/h9,16-21,24H,1,10-15H2,2-8H3,(H,38,46)(H,39,45)(H,37,40,41).